The molecule has 1 aliphatic rings. The molecule has 2 rings (SSSR count). The summed E-state index contributed by atoms with van der Waals surface area (Å²) in [6.07, 6.45) is 4.04. The lowest BCUT2D eigenvalue weighted by molar-refractivity contribution is -0.384. The molecule has 1 fully saturated rings. The monoisotopic (exact) mass is 395 g/mol. The fraction of sp³-hybridized carbons (Fsp3) is 0.579. The van der Waals surface area contributed by atoms with Crippen LogP contribution in [0.5, 0.6) is 0 Å². The molecule has 148 valence electrons. The van der Waals surface area contributed by atoms with Gasteiger partial charge in [0, 0.05) is 17.7 Å². The Hall–Kier alpha value is -2.15. The predicted octanol–water partition coefficient (Wildman–Crippen LogP) is 3.70. The molecular formula is C19H26ClN3O4. The SMILES string of the molecule is CC1CCC(NC(=O)C(NC(=O)c2ccc(Cl)c([N+](=O)[O-])c2)C(C)C)CC1. The lowest BCUT2D eigenvalue weighted by Gasteiger charge is -2.29. The van der Waals surface area contributed by atoms with Gasteiger partial charge in [-0.1, -0.05) is 32.4 Å². The highest BCUT2D eigenvalue weighted by atomic mass is 35.5. The molecule has 0 aliphatic heterocycles. The quantitative estimate of drug-likeness (QED) is 0.566. The van der Waals surface area contributed by atoms with E-state index in [4.69, 9.17) is 11.6 Å². The number of halogens is 1. The topological polar surface area (TPSA) is 101 Å². The summed E-state index contributed by atoms with van der Waals surface area (Å²) in [6.45, 7) is 5.90. The Morgan fingerprint density at radius 2 is 1.85 bits per heavy atom. The molecule has 1 atom stereocenters. The molecule has 1 aliphatic carbocycles. The van der Waals surface area contributed by atoms with Crippen LogP contribution in [0.4, 0.5) is 5.69 Å². The molecule has 8 heteroatoms. The number of nitro benzene ring substituents is 1. The van der Waals surface area contributed by atoms with Gasteiger partial charge < -0.3 is 10.6 Å². The van der Waals surface area contributed by atoms with Crippen molar-refractivity contribution in [2.75, 3.05) is 0 Å². The zero-order valence-corrected chi connectivity index (χ0v) is 16.6. The van der Waals surface area contributed by atoms with Crippen molar-refractivity contribution >= 4 is 29.1 Å². The molecule has 1 unspecified atom stereocenters. The number of nitrogens with zero attached hydrogens (tertiary/aromatic N) is 1. The Bertz CT molecular complexity index is 715. The van der Waals surface area contributed by atoms with Gasteiger partial charge in [-0.2, -0.15) is 0 Å². The van der Waals surface area contributed by atoms with Gasteiger partial charge in [-0.15, -0.1) is 0 Å². The average Bonchev–Trinajstić information content (AvgIpc) is 2.61. The number of rotatable bonds is 6. The predicted molar refractivity (Wildman–Crippen MR) is 104 cm³/mol. The Kier molecular flexibility index (Phi) is 7.18. The average molecular weight is 396 g/mol. The third-order valence-electron chi connectivity index (χ3n) is 5.00. The Balaban J connectivity index is 2.06. The number of hydrogen-bond donors (Lipinski definition) is 2. The van der Waals surface area contributed by atoms with Crippen molar-refractivity contribution < 1.29 is 14.5 Å². The lowest BCUT2D eigenvalue weighted by Crippen LogP contribution is -2.52. The van der Waals surface area contributed by atoms with E-state index in [1.54, 1.807) is 0 Å². The third-order valence-corrected chi connectivity index (χ3v) is 5.32. The highest BCUT2D eigenvalue weighted by molar-refractivity contribution is 6.32. The molecular weight excluding hydrogens is 370 g/mol. The van der Waals surface area contributed by atoms with Crippen molar-refractivity contribution in [2.45, 2.75) is 58.5 Å². The van der Waals surface area contributed by atoms with E-state index >= 15 is 0 Å². The minimum atomic E-state index is -0.716. The van der Waals surface area contributed by atoms with Crippen molar-refractivity contribution in [2.24, 2.45) is 11.8 Å². The number of amides is 2. The van der Waals surface area contributed by atoms with Crippen LogP contribution in [0, 0.1) is 22.0 Å². The van der Waals surface area contributed by atoms with E-state index in [0.29, 0.717) is 5.92 Å². The molecule has 0 heterocycles. The van der Waals surface area contributed by atoms with Gasteiger partial charge in [0.05, 0.1) is 4.92 Å². The van der Waals surface area contributed by atoms with Crippen LogP contribution in [0.25, 0.3) is 0 Å². The van der Waals surface area contributed by atoms with Crippen LogP contribution >= 0.6 is 11.6 Å². The van der Waals surface area contributed by atoms with Gasteiger partial charge in [0.15, 0.2) is 0 Å². The third kappa shape index (κ3) is 5.66. The fourth-order valence-corrected chi connectivity index (χ4v) is 3.44. The van der Waals surface area contributed by atoms with Gasteiger partial charge in [-0.25, -0.2) is 0 Å². The van der Waals surface area contributed by atoms with Crippen molar-refractivity contribution in [3.05, 3.63) is 38.9 Å². The maximum Gasteiger partial charge on any atom is 0.288 e. The van der Waals surface area contributed by atoms with Crippen LogP contribution in [0.1, 0.15) is 56.8 Å². The second kappa shape index (κ2) is 9.17. The van der Waals surface area contributed by atoms with Crippen molar-refractivity contribution in [1.29, 1.82) is 0 Å². The van der Waals surface area contributed by atoms with Crippen LogP contribution in [0.3, 0.4) is 0 Å². The van der Waals surface area contributed by atoms with E-state index in [1.165, 1.54) is 12.1 Å². The summed E-state index contributed by atoms with van der Waals surface area (Å²) in [5.41, 5.74) is -0.248. The first-order valence-electron chi connectivity index (χ1n) is 9.24. The van der Waals surface area contributed by atoms with Crippen LogP contribution in [-0.2, 0) is 4.79 Å². The molecule has 0 spiro atoms. The van der Waals surface area contributed by atoms with E-state index in [2.05, 4.69) is 17.6 Å². The molecule has 0 bridgehead atoms. The van der Waals surface area contributed by atoms with Gasteiger partial charge in [0.1, 0.15) is 11.1 Å². The first kappa shape index (κ1) is 21.2. The zero-order valence-electron chi connectivity index (χ0n) is 15.8. The number of benzene rings is 1. The maximum atomic E-state index is 12.7. The highest BCUT2D eigenvalue weighted by Crippen LogP contribution is 2.25. The first-order chi connectivity index (χ1) is 12.7. The Labute approximate surface area is 164 Å². The van der Waals surface area contributed by atoms with Gasteiger partial charge in [0.25, 0.3) is 11.6 Å². The number of hydrogen-bond acceptors (Lipinski definition) is 4. The van der Waals surface area contributed by atoms with Gasteiger partial charge in [-0.05, 0) is 49.7 Å². The molecule has 1 saturated carbocycles. The van der Waals surface area contributed by atoms with Gasteiger partial charge >= 0.3 is 0 Å². The Morgan fingerprint density at radius 3 is 2.41 bits per heavy atom. The summed E-state index contributed by atoms with van der Waals surface area (Å²) in [5.74, 6) is -0.208. The van der Waals surface area contributed by atoms with Gasteiger partial charge in [-0.3, -0.25) is 19.7 Å². The molecule has 1 aromatic rings. The van der Waals surface area contributed by atoms with Crippen LogP contribution in [-0.4, -0.2) is 28.8 Å². The van der Waals surface area contributed by atoms with Crippen LogP contribution in [0.2, 0.25) is 5.02 Å². The molecule has 2 amide bonds. The van der Waals surface area contributed by atoms with E-state index in [-0.39, 0.29) is 34.1 Å². The molecule has 0 saturated heterocycles. The van der Waals surface area contributed by atoms with Crippen molar-refractivity contribution in [3.8, 4) is 0 Å². The van der Waals surface area contributed by atoms with Crippen molar-refractivity contribution in [1.82, 2.24) is 10.6 Å². The summed E-state index contributed by atoms with van der Waals surface area (Å²) in [5, 5.41) is 16.7. The second-order valence-electron chi connectivity index (χ2n) is 7.58. The molecule has 2 N–H and O–H groups in total. The Morgan fingerprint density at radius 1 is 1.22 bits per heavy atom. The number of carbonyl (C=O) groups is 2. The van der Waals surface area contributed by atoms with Crippen molar-refractivity contribution in [3.63, 3.8) is 0 Å². The highest BCUT2D eigenvalue weighted by Gasteiger charge is 2.28. The summed E-state index contributed by atoms with van der Waals surface area (Å²) in [6, 6.07) is 3.25. The zero-order chi connectivity index (χ0) is 20.1. The molecule has 0 aromatic heterocycles. The standard InChI is InChI=1S/C19H26ClN3O4/c1-11(2)17(19(25)21-14-7-4-12(3)5-8-14)22-18(24)13-6-9-15(20)16(10-13)23(26)27/h6,9-12,14,17H,4-5,7-8H2,1-3H3,(H,21,25)(H,22,24). The van der Waals surface area contributed by atoms with Crippen LogP contribution in [0.15, 0.2) is 18.2 Å². The van der Waals surface area contributed by atoms with Crippen LogP contribution < -0.4 is 10.6 Å². The summed E-state index contributed by atoms with van der Waals surface area (Å²) < 4.78 is 0. The largest absolute Gasteiger partial charge is 0.352 e. The number of nitro groups is 1. The molecule has 0 radical (unpaired) electrons. The van der Waals surface area contributed by atoms with E-state index in [0.717, 1.165) is 31.7 Å². The second-order valence-corrected chi connectivity index (χ2v) is 7.99. The minimum Gasteiger partial charge on any atom is -0.352 e. The summed E-state index contributed by atoms with van der Waals surface area (Å²) >= 11 is 5.78. The maximum absolute atomic E-state index is 12.7. The summed E-state index contributed by atoms with van der Waals surface area (Å²) in [7, 11) is 0. The first-order valence-corrected chi connectivity index (χ1v) is 9.62. The normalized spacial score (nSPS) is 20.8. The number of nitrogens with one attached hydrogen (secondary N) is 2. The molecule has 27 heavy (non-hydrogen) atoms. The van der Waals surface area contributed by atoms with Gasteiger partial charge in [0.2, 0.25) is 5.91 Å². The lowest BCUT2D eigenvalue weighted by atomic mass is 9.87. The summed E-state index contributed by atoms with van der Waals surface area (Å²) in [4.78, 5) is 35.6. The molecule has 7 nitrogen and oxygen atoms in total. The van der Waals surface area contributed by atoms with E-state index in [1.807, 2.05) is 13.8 Å². The fourth-order valence-electron chi connectivity index (χ4n) is 3.25. The number of carbonyl (C=O) groups excluding carboxylic acids is 2. The van der Waals surface area contributed by atoms with E-state index in [9.17, 15) is 19.7 Å². The van der Waals surface area contributed by atoms with E-state index < -0.39 is 16.9 Å². The molecule has 1 aromatic carbocycles. The minimum absolute atomic E-state index is 0.0405. The smallest absolute Gasteiger partial charge is 0.288 e.